The van der Waals surface area contributed by atoms with Crippen LogP contribution in [-0.4, -0.2) is 35.4 Å². The van der Waals surface area contributed by atoms with Gasteiger partial charge in [-0.2, -0.15) is 22.0 Å². The summed E-state index contributed by atoms with van der Waals surface area (Å²) in [7, 11) is 0. The van der Waals surface area contributed by atoms with E-state index in [1.165, 1.54) is 0 Å². The second-order valence-electron chi connectivity index (χ2n) is 7.43. The van der Waals surface area contributed by atoms with E-state index in [4.69, 9.17) is 4.74 Å². The Bertz CT molecular complexity index is 510. The Morgan fingerprint density at radius 3 is 2.30 bits per heavy atom. The first-order chi connectivity index (χ1) is 10.6. The molecule has 4 fully saturated rings. The fourth-order valence-corrected chi connectivity index (χ4v) is 5.74. The molecule has 4 rings (SSSR count). The van der Waals surface area contributed by atoms with Crippen molar-refractivity contribution in [2.45, 2.75) is 62.0 Å². The Labute approximate surface area is 130 Å². The van der Waals surface area contributed by atoms with E-state index in [1.807, 2.05) is 0 Å². The lowest BCUT2D eigenvalue weighted by Gasteiger charge is -2.55. The van der Waals surface area contributed by atoms with Crippen LogP contribution in [0.1, 0.15) is 38.5 Å². The third-order valence-corrected chi connectivity index (χ3v) is 6.64. The van der Waals surface area contributed by atoms with Crippen molar-refractivity contribution in [3.05, 3.63) is 0 Å². The van der Waals surface area contributed by atoms with Gasteiger partial charge in [-0.25, -0.2) is 0 Å². The maximum absolute atomic E-state index is 14.9. The van der Waals surface area contributed by atoms with Gasteiger partial charge in [-0.05, 0) is 49.4 Å². The fourth-order valence-electron chi connectivity index (χ4n) is 5.74. The minimum absolute atomic E-state index is 0.0380. The Balaban J connectivity index is 1.74. The molecule has 3 saturated carbocycles. The maximum atomic E-state index is 14.9. The largest absolute Gasteiger partial charge is 0.449 e. The predicted molar refractivity (Wildman–Crippen MR) is 67.4 cm³/mol. The molecule has 1 N–H and O–H groups in total. The number of halogens is 5. The Hall–Kier alpha value is -0.470. The smallest absolute Gasteiger partial charge is 0.354 e. The van der Waals surface area contributed by atoms with Gasteiger partial charge in [0.05, 0.1) is 0 Å². The number of hydrogen-bond donors (Lipinski definition) is 1. The van der Waals surface area contributed by atoms with Gasteiger partial charge < -0.3 is 14.6 Å². The first-order valence-corrected chi connectivity index (χ1v) is 8.09. The van der Waals surface area contributed by atoms with Gasteiger partial charge in [-0.3, -0.25) is 0 Å². The van der Waals surface area contributed by atoms with Gasteiger partial charge in [0.25, 0.3) is 0 Å². The molecule has 0 aromatic carbocycles. The molecule has 8 heteroatoms. The number of alkyl halides is 5. The third kappa shape index (κ3) is 1.75. The molecule has 1 saturated heterocycles. The highest BCUT2D eigenvalue weighted by Crippen LogP contribution is 2.69. The summed E-state index contributed by atoms with van der Waals surface area (Å²) in [4.78, 5) is 0. The van der Waals surface area contributed by atoms with Crippen molar-refractivity contribution >= 4 is 0 Å². The van der Waals surface area contributed by atoms with Crippen LogP contribution in [0.4, 0.5) is 22.0 Å². The topological polar surface area (TPSA) is 38.7 Å². The van der Waals surface area contributed by atoms with Gasteiger partial charge in [0.2, 0.25) is 0 Å². The summed E-state index contributed by atoms with van der Waals surface area (Å²) in [6.07, 6.45) is -1.60. The Morgan fingerprint density at radius 1 is 1.00 bits per heavy atom. The lowest BCUT2D eigenvalue weighted by molar-refractivity contribution is -0.508. The lowest BCUT2D eigenvalue weighted by atomic mass is 9.62. The van der Waals surface area contributed by atoms with E-state index in [9.17, 15) is 27.1 Å². The van der Waals surface area contributed by atoms with Crippen LogP contribution >= 0.6 is 0 Å². The molecule has 23 heavy (non-hydrogen) atoms. The zero-order valence-corrected chi connectivity index (χ0v) is 12.4. The summed E-state index contributed by atoms with van der Waals surface area (Å²) in [6.45, 7) is -0.966. The SMILES string of the molecule is OC1(C(F)(F)F)OCOC2(CC3CC2C2CCCCC32)C1(F)F. The molecule has 1 aliphatic heterocycles. The molecule has 6 atom stereocenters. The van der Waals surface area contributed by atoms with E-state index in [0.717, 1.165) is 25.7 Å². The predicted octanol–water partition coefficient (Wildman–Crippen LogP) is 3.46. The Morgan fingerprint density at radius 2 is 1.65 bits per heavy atom. The molecule has 6 unspecified atom stereocenters. The number of fused-ring (bicyclic) bond motifs is 6. The van der Waals surface area contributed by atoms with Crippen LogP contribution in [0, 0.1) is 23.7 Å². The number of rotatable bonds is 0. The minimum atomic E-state index is -5.58. The highest BCUT2D eigenvalue weighted by molar-refractivity contribution is 5.19. The average molecular weight is 342 g/mol. The molecule has 2 bridgehead atoms. The molecule has 0 amide bonds. The zero-order valence-electron chi connectivity index (χ0n) is 12.4. The summed E-state index contributed by atoms with van der Waals surface area (Å²) in [5.41, 5.74) is -2.27. The van der Waals surface area contributed by atoms with Crippen LogP contribution in [0.2, 0.25) is 0 Å². The standard InChI is InChI=1S/C15H19F5O3/c16-13(17)12(22-7-23-14(13,21)15(18,19)20)6-8-5-11(12)10-4-2-1-3-9(8)10/h8-11,21H,1-7H2. The fraction of sp³-hybridized carbons (Fsp3) is 1.00. The van der Waals surface area contributed by atoms with Gasteiger partial charge in [0.15, 0.2) is 6.79 Å². The minimum Gasteiger partial charge on any atom is -0.354 e. The van der Waals surface area contributed by atoms with E-state index in [0.29, 0.717) is 12.3 Å². The van der Waals surface area contributed by atoms with Gasteiger partial charge in [0.1, 0.15) is 5.60 Å². The molecule has 3 nitrogen and oxygen atoms in total. The van der Waals surface area contributed by atoms with Crippen LogP contribution in [0.15, 0.2) is 0 Å². The molecule has 1 spiro atoms. The van der Waals surface area contributed by atoms with E-state index in [1.54, 1.807) is 0 Å². The Kier molecular flexibility index (Phi) is 3.19. The van der Waals surface area contributed by atoms with Gasteiger partial charge in [0, 0.05) is 0 Å². The van der Waals surface area contributed by atoms with Gasteiger partial charge in [-0.1, -0.05) is 12.8 Å². The molecule has 0 aromatic rings. The van der Waals surface area contributed by atoms with Crippen molar-refractivity contribution in [3.8, 4) is 0 Å². The molecule has 1 heterocycles. The van der Waals surface area contributed by atoms with E-state index in [2.05, 4.69) is 4.74 Å². The van der Waals surface area contributed by atoms with Crippen LogP contribution in [0.5, 0.6) is 0 Å². The molecule has 0 radical (unpaired) electrons. The molecule has 0 aromatic heterocycles. The normalized spacial score (nSPS) is 51.9. The van der Waals surface area contributed by atoms with E-state index in [-0.39, 0.29) is 18.3 Å². The van der Waals surface area contributed by atoms with Crippen LogP contribution in [-0.2, 0) is 9.47 Å². The van der Waals surface area contributed by atoms with Gasteiger partial charge >= 0.3 is 17.9 Å². The number of aliphatic hydroxyl groups is 1. The van der Waals surface area contributed by atoms with Crippen molar-refractivity contribution in [1.82, 2.24) is 0 Å². The number of hydrogen-bond acceptors (Lipinski definition) is 3. The first kappa shape index (κ1) is 16.0. The quantitative estimate of drug-likeness (QED) is 0.685. The lowest BCUT2D eigenvalue weighted by Crippen LogP contribution is -2.75. The van der Waals surface area contributed by atoms with Crippen LogP contribution in [0.25, 0.3) is 0 Å². The van der Waals surface area contributed by atoms with Crippen LogP contribution < -0.4 is 0 Å². The summed E-state index contributed by atoms with van der Waals surface area (Å²) in [5.74, 6) is -9.44. The molecular formula is C15H19F5O3. The van der Waals surface area contributed by atoms with Crippen molar-refractivity contribution < 1.29 is 36.5 Å². The summed E-state index contributed by atoms with van der Waals surface area (Å²) in [6, 6.07) is 0. The maximum Gasteiger partial charge on any atom is 0.449 e. The summed E-state index contributed by atoms with van der Waals surface area (Å²) >= 11 is 0. The average Bonchev–Trinajstić information content (AvgIpc) is 3.02. The third-order valence-electron chi connectivity index (χ3n) is 6.64. The van der Waals surface area contributed by atoms with E-state index >= 15 is 0 Å². The second kappa shape index (κ2) is 4.58. The van der Waals surface area contributed by atoms with Crippen molar-refractivity contribution in [2.75, 3.05) is 6.79 Å². The first-order valence-electron chi connectivity index (χ1n) is 8.09. The van der Waals surface area contributed by atoms with E-state index < -0.39 is 36.2 Å². The molecule has 3 aliphatic carbocycles. The molecule has 132 valence electrons. The second-order valence-corrected chi connectivity index (χ2v) is 7.43. The summed E-state index contributed by atoms with van der Waals surface area (Å²) in [5, 5.41) is 9.71. The van der Waals surface area contributed by atoms with Crippen molar-refractivity contribution in [3.63, 3.8) is 0 Å². The summed E-state index contributed by atoms with van der Waals surface area (Å²) < 4.78 is 78.4. The zero-order chi connectivity index (χ0) is 16.7. The molecular weight excluding hydrogens is 323 g/mol. The number of ether oxygens (including phenoxy) is 2. The molecule has 4 aliphatic rings. The van der Waals surface area contributed by atoms with Crippen molar-refractivity contribution in [2.24, 2.45) is 23.7 Å². The monoisotopic (exact) mass is 342 g/mol. The highest BCUT2D eigenvalue weighted by atomic mass is 19.4. The van der Waals surface area contributed by atoms with Gasteiger partial charge in [-0.15, -0.1) is 0 Å². The highest BCUT2D eigenvalue weighted by Gasteiger charge is 2.84. The van der Waals surface area contributed by atoms with Crippen LogP contribution in [0.3, 0.4) is 0 Å². The van der Waals surface area contributed by atoms with Crippen molar-refractivity contribution in [1.29, 1.82) is 0 Å².